The van der Waals surface area contributed by atoms with E-state index in [2.05, 4.69) is 31.1 Å². The van der Waals surface area contributed by atoms with Crippen molar-refractivity contribution in [3.63, 3.8) is 0 Å². The third kappa shape index (κ3) is 3.28. The summed E-state index contributed by atoms with van der Waals surface area (Å²) in [5, 5.41) is 5.91. The third-order valence-electron chi connectivity index (χ3n) is 7.08. The Kier molecular flexibility index (Phi) is 4.92. The lowest BCUT2D eigenvalue weighted by atomic mass is 9.68. The molecule has 2 fully saturated rings. The van der Waals surface area contributed by atoms with Crippen LogP contribution in [0.2, 0.25) is 0 Å². The first-order chi connectivity index (χ1) is 14.3. The second-order valence-corrected chi connectivity index (χ2v) is 8.94. The fraction of sp³-hybridized carbons (Fsp3) is 0.360. The van der Waals surface area contributed by atoms with E-state index < -0.39 is 5.41 Å². The van der Waals surface area contributed by atoms with Gasteiger partial charge in [0.05, 0.1) is 12.5 Å². The molecule has 2 aromatic carbocycles. The molecule has 2 atom stereocenters. The molecule has 0 aromatic heterocycles. The molecule has 156 valence electrons. The molecule has 2 aliphatic rings. The summed E-state index contributed by atoms with van der Waals surface area (Å²) in [4.78, 5) is 25.6. The number of rotatable bonds is 5. The van der Waals surface area contributed by atoms with Gasteiger partial charge in [-0.1, -0.05) is 26.0 Å². The number of ether oxygens (including phenoxy) is 1. The monoisotopic (exact) mass is 404 g/mol. The summed E-state index contributed by atoms with van der Waals surface area (Å²) < 4.78 is 5.12. The van der Waals surface area contributed by atoms with E-state index >= 15 is 0 Å². The van der Waals surface area contributed by atoms with Crippen LogP contribution in [0.15, 0.2) is 60.7 Å². The van der Waals surface area contributed by atoms with Gasteiger partial charge in [-0.3, -0.25) is 9.59 Å². The summed E-state index contributed by atoms with van der Waals surface area (Å²) in [5.41, 5.74) is 2.51. The van der Waals surface area contributed by atoms with Crippen LogP contribution >= 0.6 is 0 Å². The quantitative estimate of drug-likeness (QED) is 0.667. The molecule has 2 aliphatic carbocycles. The number of carbonyl (C=O) groups excluding carboxylic acids is 2. The molecule has 0 heterocycles. The molecule has 0 spiro atoms. The lowest BCUT2D eigenvalue weighted by Gasteiger charge is -2.37. The molecular weight excluding hydrogens is 376 g/mol. The highest BCUT2D eigenvalue weighted by atomic mass is 16.5. The zero-order valence-electron chi connectivity index (χ0n) is 17.7. The Hall–Kier alpha value is -3.08. The Bertz CT molecular complexity index is 992. The number of carbonyl (C=O) groups is 2. The molecule has 0 aliphatic heterocycles. The standard InChI is InChI=1S/C25H28N2O3/c1-16-24(2,3)18-13-14-25(16,15-18)23(29)27-20-7-5-17(6-8-20)22(28)26-19-9-11-21(30-4)12-10-19/h5-12,18H,1,13-15H2,2-4H3,(H,26,28)(H,27,29). The Labute approximate surface area is 177 Å². The molecule has 2 amide bonds. The van der Waals surface area contributed by atoms with Gasteiger partial charge in [-0.15, -0.1) is 0 Å². The lowest BCUT2D eigenvalue weighted by Crippen LogP contribution is -2.37. The number of hydrogen-bond donors (Lipinski definition) is 2. The van der Waals surface area contributed by atoms with Gasteiger partial charge in [-0.25, -0.2) is 0 Å². The summed E-state index contributed by atoms with van der Waals surface area (Å²) in [6, 6.07) is 14.1. The van der Waals surface area contributed by atoms with E-state index in [4.69, 9.17) is 4.74 Å². The minimum Gasteiger partial charge on any atom is -0.497 e. The SMILES string of the molecule is C=C1C2(C(=O)Nc3ccc(C(=O)Nc4ccc(OC)cc4)cc3)CCC(C2)C1(C)C. The summed E-state index contributed by atoms with van der Waals surface area (Å²) >= 11 is 0. The molecule has 5 nitrogen and oxygen atoms in total. The molecule has 2 saturated carbocycles. The van der Waals surface area contributed by atoms with Crippen LogP contribution in [-0.4, -0.2) is 18.9 Å². The van der Waals surface area contributed by atoms with Gasteiger partial charge < -0.3 is 15.4 Å². The van der Waals surface area contributed by atoms with Gasteiger partial charge >= 0.3 is 0 Å². The predicted octanol–water partition coefficient (Wildman–Crippen LogP) is 5.27. The summed E-state index contributed by atoms with van der Waals surface area (Å²) in [7, 11) is 1.60. The highest BCUT2D eigenvalue weighted by Crippen LogP contribution is 2.65. The van der Waals surface area contributed by atoms with Crippen molar-refractivity contribution in [1.82, 2.24) is 0 Å². The van der Waals surface area contributed by atoms with E-state index in [0.717, 1.165) is 30.6 Å². The van der Waals surface area contributed by atoms with Crippen molar-refractivity contribution in [2.45, 2.75) is 33.1 Å². The van der Waals surface area contributed by atoms with Crippen molar-refractivity contribution in [2.75, 3.05) is 17.7 Å². The zero-order valence-corrected chi connectivity index (χ0v) is 17.7. The number of anilines is 2. The molecular formula is C25H28N2O3. The Morgan fingerprint density at radius 2 is 1.60 bits per heavy atom. The molecule has 2 N–H and O–H groups in total. The molecule has 30 heavy (non-hydrogen) atoms. The maximum atomic E-state index is 13.1. The lowest BCUT2D eigenvalue weighted by molar-refractivity contribution is -0.123. The van der Waals surface area contributed by atoms with Crippen molar-refractivity contribution in [3.05, 3.63) is 66.2 Å². The molecule has 2 aromatic rings. The molecule has 0 saturated heterocycles. The summed E-state index contributed by atoms with van der Waals surface area (Å²) in [6.07, 6.45) is 2.82. The average Bonchev–Trinajstić information content (AvgIpc) is 3.28. The van der Waals surface area contributed by atoms with E-state index in [1.807, 2.05) is 0 Å². The molecule has 2 bridgehead atoms. The summed E-state index contributed by atoms with van der Waals surface area (Å²) in [6.45, 7) is 8.69. The van der Waals surface area contributed by atoms with Crippen LogP contribution in [-0.2, 0) is 4.79 Å². The van der Waals surface area contributed by atoms with Gasteiger partial charge in [-0.2, -0.15) is 0 Å². The first kappa shape index (κ1) is 20.2. The van der Waals surface area contributed by atoms with E-state index in [9.17, 15) is 9.59 Å². The Balaban J connectivity index is 1.42. The maximum Gasteiger partial charge on any atom is 0.255 e. The molecule has 2 unspecified atom stereocenters. The smallest absolute Gasteiger partial charge is 0.255 e. The predicted molar refractivity (Wildman–Crippen MR) is 119 cm³/mol. The maximum absolute atomic E-state index is 13.1. The topological polar surface area (TPSA) is 67.4 Å². The highest BCUT2D eigenvalue weighted by Gasteiger charge is 2.60. The zero-order chi connectivity index (χ0) is 21.5. The fourth-order valence-corrected chi connectivity index (χ4v) is 4.98. The first-order valence-electron chi connectivity index (χ1n) is 10.3. The van der Waals surface area contributed by atoms with Crippen LogP contribution < -0.4 is 15.4 Å². The number of amides is 2. The van der Waals surface area contributed by atoms with E-state index in [1.165, 1.54) is 0 Å². The van der Waals surface area contributed by atoms with Crippen molar-refractivity contribution in [2.24, 2.45) is 16.7 Å². The highest BCUT2D eigenvalue weighted by molar-refractivity contribution is 6.05. The second kappa shape index (κ2) is 7.31. The van der Waals surface area contributed by atoms with Crippen molar-refractivity contribution in [3.8, 4) is 5.75 Å². The number of hydrogen-bond acceptors (Lipinski definition) is 3. The van der Waals surface area contributed by atoms with E-state index in [1.54, 1.807) is 55.6 Å². The molecule has 5 heteroatoms. The van der Waals surface area contributed by atoms with Crippen LogP contribution in [0.3, 0.4) is 0 Å². The van der Waals surface area contributed by atoms with E-state index in [0.29, 0.717) is 22.9 Å². The van der Waals surface area contributed by atoms with E-state index in [-0.39, 0.29) is 17.2 Å². The summed E-state index contributed by atoms with van der Waals surface area (Å²) in [5.74, 6) is 1.08. The van der Waals surface area contributed by atoms with Gasteiger partial charge in [0.2, 0.25) is 5.91 Å². The van der Waals surface area contributed by atoms with Gasteiger partial charge in [0.25, 0.3) is 5.91 Å². The van der Waals surface area contributed by atoms with Crippen LogP contribution in [0.4, 0.5) is 11.4 Å². The average molecular weight is 405 g/mol. The van der Waals surface area contributed by atoms with Crippen molar-refractivity contribution >= 4 is 23.2 Å². The van der Waals surface area contributed by atoms with Crippen molar-refractivity contribution in [1.29, 1.82) is 0 Å². The Morgan fingerprint density at radius 1 is 1.00 bits per heavy atom. The fourth-order valence-electron chi connectivity index (χ4n) is 4.98. The van der Waals surface area contributed by atoms with Gasteiger partial charge in [0.1, 0.15) is 5.75 Å². The largest absolute Gasteiger partial charge is 0.497 e. The minimum atomic E-state index is -0.460. The van der Waals surface area contributed by atoms with Crippen LogP contribution in [0.5, 0.6) is 5.75 Å². The normalized spacial score (nSPS) is 23.8. The van der Waals surface area contributed by atoms with Gasteiger partial charge in [-0.05, 0) is 79.1 Å². The van der Waals surface area contributed by atoms with Crippen molar-refractivity contribution < 1.29 is 14.3 Å². The number of methoxy groups -OCH3 is 1. The third-order valence-corrected chi connectivity index (χ3v) is 7.08. The minimum absolute atomic E-state index is 0.0129. The molecule has 4 rings (SSSR count). The van der Waals surface area contributed by atoms with Crippen LogP contribution in [0.1, 0.15) is 43.5 Å². The number of benzene rings is 2. The number of nitrogens with one attached hydrogen (secondary N) is 2. The van der Waals surface area contributed by atoms with Gasteiger partial charge in [0.15, 0.2) is 0 Å². The van der Waals surface area contributed by atoms with Crippen LogP contribution in [0.25, 0.3) is 0 Å². The number of fused-ring (bicyclic) bond motifs is 2. The molecule has 0 radical (unpaired) electrons. The Morgan fingerprint density at radius 3 is 2.17 bits per heavy atom. The van der Waals surface area contributed by atoms with Crippen LogP contribution in [0, 0.1) is 16.7 Å². The van der Waals surface area contributed by atoms with Gasteiger partial charge in [0, 0.05) is 16.9 Å². The second-order valence-electron chi connectivity index (χ2n) is 8.94. The first-order valence-corrected chi connectivity index (χ1v) is 10.3.